The van der Waals surface area contributed by atoms with Gasteiger partial charge in [0.15, 0.2) is 21.4 Å². The number of anilines is 3. The van der Waals surface area contributed by atoms with E-state index in [9.17, 15) is 37.7 Å². The van der Waals surface area contributed by atoms with E-state index in [-0.39, 0.29) is 65.5 Å². The van der Waals surface area contributed by atoms with E-state index in [2.05, 4.69) is 10.6 Å². The molecule has 0 saturated carbocycles. The van der Waals surface area contributed by atoms with Crippen molar-refractivity contribution in [2.24, 2.45) is 0 Å². The lowest BCUT2D eigenvalue weighted by Crippen LogP contribution is -2.37. The van der Waals surface area contributed by atoms with Gasteiger partial charge in [-0.05, 0) is 65.2 Å². The number of fused-ring (bicyclic) bond motifs is 2. The molecule has 0 heterocycles. The Morgan fingerprint density at radius 1 is 0.550 bits per heavy atom. The Morgan fingerprint density at radius 2 is 1.04 bits per heavy atom. The summed E-state index contributed by atoms with van der Waals surface area (Å²) in [4.78, 5) is 28.3. The second-order valence-electron chi connectivity index (χ2n) is 17.6. The number of nitrogens with one attached hydrogen (secondary N) is 2. The van der Waals surface area contributed by atoms with Crippen LogP contribution in [0.5, 0.6) is 11.5 Å². The zero-order valence-electron chi connectivity index (χ0n) is 44.1. The number of methoxy groups -OCH3 is 3. The van der Waals surface area contributed by atoms with Crippen molar-refractivity contribution < 1.29 is 73.2 Å². The summed E-state index contributed by atoms with van der Waals surface area (Å²) >= 11 is 0. The summed E-state index contributed by atoms with van der Waals surface area (Å²) in [6.45, 7) is -3.59. The molecule has 2 N–H and O–H groups in total. The number of ether oxygens (including phenoxy) is 4. The minimum atomic E-state index is -4.89. The summed E-state index contributed by atoms with van der Waals surface area (Å²) < 4.78 is 113. The molecule has 80 heavy (non-hydrogen) atoms. The van der Waals surface area contributed by atoms with E-state index >= 15 is 0 Å². The number of nitriles is 2. The van der Waals surface area contributed by atoms with Crippen LogP contribution < -0.4 is 20.1 Å². The van der Waals surface area contributed by atoms with Gasteiger partial charge in [0.25, 0.3) is 0 Å². The number of carbonyl (C=O) groups is 2. The van der Waals surface area contributed by atoms with Crippen LogP contribution in [0, 0.1) is 22.7 Å². The van der Waals surface area contributed by atoms with Crippen molar-refractivity contribution in [3.8, 4) is 23.6 Å². The van der Waals surface area contributed by atoms with Crippen LogP contribution in [-0.4, -0.2) is 112 Å². The van der Waals surface area contributed by atoms with Gasteiger partial charge in [0.1, 0.15) is 23.2 Å². The lowest BCUT2D eigenvalue weighted by atomic mass is 9.80. The highest BCUT2D eigenvalue weighted by atomic mass is 32.2. The zero-order chi connectivity index (χ0) is 57.0. The average molecular weight is 1150 g/mol. The summed E-state index contributed by atoms with van der Waals surface area (Å²) in [6.07, 6.45) is -2.11. The standard InChI is InChI=1S/C57H60N4O16P2S/c1-68-36-38-80(66,67)39-37-75-79(65,73-34-13-31-59)77-48(40-71-57(42-14-6-4-7-15-42,43-20-24-46(69-2)25-21-43)44-22-26-47(70-3)27-23-44)41-76-78(64,72-33-12-30-58)74-35-32-60-51-28-29-52(61-45-16-8-5-9-17-45)54-53(51)55(62)49-18-10-11-19-50(49)56(54)63/h4-11,14-29,48,60-61H,12-13,32-41H2,1-3H3. The van der Waals surface area contributed by atoms with Gasteiger partial charge in [0.2, 0.25) is 0 Å². The van der Waals surface area contributed by atoms with Gasteiger partial charge in [-0.25, -0.2) is 17.5 Å². The van der Waals surface area contributed by atoms with Crippen LogP contribution in [0.3, 0.4) is 0 Å². The van der Waals surface area contributed by atoms with Crippen LogP contribution >= 0.6 is 15.6 Å². The predicted octanol–water partition coefficient (Wildman–Crippen LogP) is 10.2. The first-order valence-corrected chi connectivity index (χ1v) is 29.9. The quantitative estimate of drug-likeness (QED) is 0.0220. The number of ketones is 2. The van der Waals surface area contributed by atoms with Crippen LogP contribution in [0.25, 0.3) is 0 Å². The molecule has 3 unspecified atom stereocenters. The summed E-state index contributed by atoms with van der Waals surface area (Å²) in [7, 11) is -9.04. The third kappa shape index (κ3) is 15.6. The van der Waals surface area contributed by atoms with Crippen molar-refractivity contribution in [3.63, 3.8) is 0 Å². The number of phosphoric acid groups is 2. The van der Waals surface area contributed by atoms with Gasteiger partial charge >= 0.3 is 15.6 Å². The molecule has 23 heteroatoms. The molecule has 0 fully saturated rings. The number of phosphoric ester groups is 2. The van der Waals surface area contributed by atoms with E-state index in [1.165, 1.54) is 21.3 Å². The third-order valence-electron chi connectivity index (χ3n) is 12.3. The molecule has 0 amide bonds. The van der Waals surface area contributed by atoms with E-state index in [4.69, 9.17) is 46.1 Å². The summed E-state index contributed by atoms with van der Waals surface area (Å²) in [5, 5.41) is 25.2. The topological polar surface area (TPSA) is 266 Å². The molecule has 0 radical (unpaired) electrons. The molecule has 3 atom stereocenters. The fourth-order valence-corrected chi connectivity index (χ4v) is 12.1. The number of carbonyl (C=O) groups excluding carboxylic acids is 2. The maximum absolute atomic E-state index is 14.7. The fourth-order valence-electron chi connectivity index (χ4n) is 8.46. The minimum Gasteiger partial charge on any atom is -0.497 e. The van der Waals surface area contributed by atoms with Gasteiger partial charge in [-0.2, -0.15) is 10.5 Å². The highest BCUT2D eigenvalue weighted by molar-refractivity contribution is 7.91. The van der Waals surface area contributed by atoms with Crippen molar-refractivity contribution >= 4 is 54.1 Å². The van der Waals surface area contributed by atoms with E-state index in [1.54, 1.807) is 84.9 Å². The van der Waals surface area contributed by atoms with Gasteiger partial charge in [-0.15, -0.1) is 0 Å². The molecule has 20 nitrogen and oxygen atoms in total. The molecule has 420 valence electrons. The Balaban J connectivity index is 1.20. The molecule has 0 spiro atoms. The lowest BCUT2D eigenvalue weighted by molar-refractivity contribution is -0.0562. The monoisotopic (exact) mass is 1150 g/mol. The maximum Gasteiger partial charge on any atom is 0.475 e. The number of sulfone groups is 1. The number of nitrogens with zero attached hydrogens (tertiary/aromatic N) is 2. The number of hydrogen-bond acceptors (Lipinski definition) is 20. The van der Waals surface area contributed by atoms with Crippen molar-refractivity contribution in [1.82, 2.24) is 0 Å². The number of hydrogen-bond donors (Lipinski definition) is 2. The van der Waals surface area contributed by atoms with Crippen molar-refractivity contribution in [3.05, 3.63) is 185 Å². The Hall–Kier alpha value is -7.07. The molecule has 0 saturated heterocycles. The summed E-state index contributed by atoms with van der Waals surface area (Å²) in [6, 6.07) is 46.0. The Bertz CT molecular complexity index is 3290. The van der Waals surface area contributed by atoms with Crippen LogP contribution in [0.1, 0.15) is 61.4 Å². The van der Waals surface area contributed by atoms with E-state index in [0.717, 1.165) is 0 Å². The van der Waals surface area contributed by atoms with Gasteiger partial charge in [0.05, 0.1) is 114 Å². The van der Waals surface area contributed by atoms with Gasteiger partial charge in [-0.1, -0.05) is 97.1 Å². The highest BCUT2D eigenvalue weighted by Gasteiger charge is 2.42. The molecule has 1 aliphatic carbocycles. The third-order valence-corrected chi connectivity index (χ3v) is 16.9. The first-order valence-electron chi connectivity index (χ1n) is 25.1. The second kappa shape index (κ2) is 28.9. The Kier molecular flexibility index (Phi) is 21.9. The average Bonchev–Trinajstić information content (AvgIpc) is 3.57. The predicted molar refractivity (Wildman–Crippen MR) is 297 cm³/mol. The first kappa shape index (κ1) is 60.6. The minimum absolute atomic E-state index is 0.103. The largest absolute Gasteiger partial charge is 0.497 e. The SMILES string of the molecule is COCCS(=O)(=O)CCOP(=O)(OCCC#N)OC(COC(c1ccccc1)(c1ccc(OC)cc1)c1ccc(OC)cc1)COP(=O)(OCCC#N)OCCNc1ccc(Nc2ccccc2)c2c1C(=O)c1ccccc1C2=O. The van der Waals surface area contributed by atoms with Crippen LogP contribution in [-0.2, 0) is 61.2 Å². The van der Waals surface area contributed by atoms with Crippen molar-refractivity contribution in [2.45, 2.75) is 24.5 Å². The number of rotatable bonds is 33. The molecule has 0 aromatic heterocycles. The first-order chi connectivity index (χ1) is 38.7. The molecule has 6 aromatic carbocycles. The van der Waals surface area contributed by atoms with Gasteiger partial charge < -0.3 is 29.6 Å². The van der Waals surface area contributed by atoms with Crippen LogP contribution in [0.2, 0.25) is 0 Å². The smallest absolute Gasteiger partial charge is 0.475 e. The van der Waals surface area contributed by atoms with Crippen molar-refractivity contribution in [1.29, 1.82) is 10.5 Å². The fraction of sp³-hybridized carbons (Fsp3) is 0.298. The molecule has 0 aliphatic heterocycles. The van der Waals surface area contributed by atoms with Crippen LogP contribution in [0.15, 0.2) is 146 Å². The molecule has 1 aliphatic rings. The van der Waals surface area contributed by atoms with Crippen molar-refractivity contribution in [2.75, 3.05) is 96.3 Å². The summed E-state index contributed by atoms with van der Waals surface area (Å²) in [5.41, 5.74) is 2.34. The number of benzene rings is 6. The normalized spacial score (nSPS) is 14.1. The van der Waals surface area contributed by atoms with E-state index < -0.39 is 88.4 Å². The Labute approximate surface area is 464 Å². The molecular weight excluding hydrogens is 1090 g/mol. The van der Waals surface area contributed by atoms with Crippen LogP contribution in [0.4, 0.5) is 17.1 Å². The van der Waals surface area contributed by atoms with Gasteiger partial charge in [-0.3, -0.25) is 36.7 Å². The molecular formula is C57H60N4O16P2S. The zero-order valence-corrected chi connectivity index (χ0v) is 46.8. The molecule has 7 rings (SSSR count). The molecule has 6 aromatic rings. The van der Waals surface area contributed by atoms with Gasteiger partial charge in [0, 0.05) is 36.2 Å². The van der Waals surface area contributed by atoms with E-state index in [0.29, 0.717) is 39.6 Å². The Morgan fingerprint density at radius 3 is 1.60 bits per heavy atom. The highest BCUT2D eigenvalue weighted by Crippen LogP contribution is 2.54. The van der Waals surface area contributed by atoms with E-state index in [1.807, 2.05) is 72.8 Å². The summed E-state index contributed by atoms with van der Waals surface area (Å²) in [5.74, 6) is -0.667. The lowest BCUT2D eigenvalue weighted by Gasteiger charge is -2.37. The molecule has 0 bridgehead atoms. The second-order valence-corrected chi connectivity index (χ2v) is 23.2. The number of para-hydroxylation sites is 1. The maximum atomic E-state index is 14.7.